The lowest BCUT2D eigenvalue weighted by atomic mass is 9.88. The molecule has 23 heavy (non-hydrogen) atoms. The summed E-state index contributed by atoms with van der Waals surface area (Å²) in [6.45, 7) is 6.66. The lowest BCUT2D eigenvalue weighted by Crippen LogP contribution is -2.11. The summed E-state index contributed by atoms with van der Waals surface area (Å²) in [5.74, 6) is 1.93. The third-order valence-electron chi connectivity index (χ3n) is 3.87. The topological polar surface area (TPSA) is 43.6 Å². The first-order chi connectivity index (χ1) is 10.9. The molecule has 0 saturated heterocycles. The van der Waals surface area contributed by atoms with Crippen molar-refractivity contribution in [2.45, 2.75) is 37.7 Å². The molecule has 120 valence electrons. The van der Waals surface area contributed by atoms with Gasteiger partial charge < -0.3 is 0 Å². The van der Waals surface area contributed by atoms with Gasteiger partial charge in [0, 0.05) is 30.9 Å². The molecule has 0 N–H and O–H groups in total. The highest BCUT2D eigenvalue weighted by atomic mass is 32.2. The Hall–Kier alpha value is -1.88. The molecule has 0 fully saturated rings. The van der Waals surface area contributed by atoms with E-state index in [-0.39, 0.29) is 5.41 Å². The predicted molar refractivity (Wildman–Crippen MR) is 96.4 cm³/mol. The van der Waals surface area contributed by atoms with Crippen LogP contribution in [0.1, 0.15) is 37.5 Å². The summed E-state index contributed by atoms with van der Waals surface area (Å²) in [6, 6.07) is 8.64. The molecule has 0 saturated carbocycles. The van der Waals surface area contributed by atoms with Crippen molar-refractivity contribution in [3.8, 4) is 0 Å². The van der Waals surface area contributed by atoms with Crippen LogP contribution in [0.15, 0.2) is 36.7 Å². The number of aryl methyl sites for hydroxylation is 1. The number of nitrogens with zero attached hydrogens (tertiary/aromatic N) is 4. The van der Waals surface area contributed by atoms with Crippen LogP contribution in [0, 0.1) is 0 Å². The van der Waals surface area contributed by atoms with Gasteiger partial charge in [0.25, 0.3) is 0 Å². The van der Waals surface area contributed by atoms with E-state index in [4.69, 9.17) is 0 Å². The number of hydrogen-bond acceptors (Lipinski definition) is 4. The maximum absolute atomic E-state index is 4.39. The number of thioether (sulfide) groups is 1. The van der Waals surface area contributed by atoms with Crippen LogP contribution in [0.5, 0.6) is 0 Å². The van der Waals surface area contributed by atoms with Crippen molar-refractivity contribution < 1.29 is 0 Å². The Morgan fingerprint density at radius 3 is 2.61 bits per heavy atom. The molecule has 0 amide bonds. The summed E-state index contributed by atoms with van der Waals surface area (Å²) in [4.78, 5) is 4.39. The number of hydrogen-bond donors (Lipinski definition) is 0. The van der Waals surface area contributed by atoms with E-state index in [0.29, 0.717) is 0 Å². The Morgan fingerprint density at radius 1 is 1.04 bits per heavy atom. The average Bonchev–Trinajstić information content (AvgIpc) is 2.88. The second-order valence-corrected chi connectivity index (χ2v) is 7.85. The van der Waals surface area contributed by atoms with E-state index in [2.05, 4.69) is 60.3 Å². The Kier molecular flexibility index (Phi) is 4.39. The van der Waals surface area contributed by atoms with Gasteiger partial charge in [-0.15, -0.1) is 5.10 Å². The van der Waals surface area contributed by atoms with E-state index in [1.54, 1.807) is 4.68 Å². The van der Waals surface area contributed by atoms with Crippen LogP contribution < -0.4 is 0 Å². The van der Waals surface area contributed by atoms with E-state index in [0.717, 1.165) is 22.5 Å². The normalized spacial score (nSPS) is 12.0. The zero-order valence-corrected chi connectivity index (χ0v) is 14.9. The zero-order valence-electron chi connectivity index (χ0n) is 14.1. The molecule has 0 aliphatic rings. The van der Waals surface area contributed by atoms with Crippen LogP contribution in [0.4, 0.5) is 0 Å². The second-order valence-electron chi connectivity index (χ2n) is 6.86. The van der Waals surface area contributed by atoms with Crippen LogP contribution in [-0.2, 0) is 24.0 Å². The van der Waals surface area contributed by atoms with Crippen LogP contribution in [0.3, 0.4) is 0 Å². The number of benzene rings is 1. The highest BCUT2D eigenvalue weighted by Crippen LogP contribution is 2.25. The van der Waals surface area contributed by atoms with Crippen LogP contribution in [0.25, 0.3) is 11.0 Å². The van der Waals surface area contributed by atoms with Crippen molar-refractivity contribution in [2.75, 3.05) is 0 Å². The Morgan fingerprint density at radius 2 is 1.83 bits per heavy atom. The van der Waals surface area contributed by atoms with Gasteiger partial charge in [0.1, 0.15) is 5.52 Å². The van der Waals surface area contributed by atoms with Crippen LogP contribution in [-0.4, -0.2) is 20.0 Å². The van der Waals surface area contributed by atoms with E-state index >= 15 is 0 Å². The lowest BCUT2D eigenvalue weighted by molar-refractivity contribution is 0.586. The lowest BCUT2D eigenvalue weighted by Gasteiger charge is -2.19. The third-order valence-corrected chi connectivity index (χ3v) is 4.95. The average molecular weight is 326 g/mol. The Labute approximate surface area is 141 Å². The molecule has 5 heteroatoms. The molecule has 0 atom stereocenters. The summed E-state index contributed by atoms with van der Waals surface area (Å²) in [7, 11) is 1.92. The fourth-order valence-electron chi connectivity index (χ4n) is 2.44. The number of rotatable bonds is 4. The van der Waals surface area contributed by atoms with E-state index in [1.807, 2.05) is 31.2 Å². The number of fused-ring (bicyclic) bond motifs is 1. The molecular formula is C18H22N4S. The molecule has 4 nitrogen and oxygen atoms in total. The molecule has 0 unspecified atom stereocenters. The largest absolute Gasteiger partial charge is 0.264 e. The predicted octanol–water partition coefficient (Wildman–Crippen LogP) is 4.09. The minimum Gasteiger partial charge on any atom is -0.264 e. The zero-order chi connectivity index (χ0) is 16.4. The monoisotopic (exact) mass is 326 g/mol. The molecule has 0 aliphatic carbocycles. The molecule has 0 bridgehead atoms. The summed E-state index contributed by atoms with van der Waals surface area (Å²) in [5, 5.41) is 8.23. The van der Waals surface area contributed by atoms with Gasteiger partial charge in [0.05, 0.1) is 5.52 Å². The minimum absolute atomic E-state index is 0.144. The van der Waals surface area contributed by atoms with Gasteiger partial charge in [-0.25, -0.2) is 4.68 Å². The molecule has 0 radical (unpaired) electrons. The quantitative estimate of drug-likeness (QED) is 0.724. The Bertz CT molecular complexity index is 817. The van der Waals surface area contributed by atoms with Gasteiger partial charge in [-0.3, -0.25) is 4.98 Å². The fraction of sp³-hybridized carbons (Fsp3) is 0.389. The van der Waals surface area contributed by atoms with E-state index in [9.17, 15) is 0 Å². The standard InChI is InChI=1S/C18H22N4S/c1-18(2,3)15-7-14(9-19-10-15)12-23-11-13-5-6-17-16(8-13)20-21-22(17)4/h5-10H,11-12H2,1-4H3. The molecule has 0 spiro atoms. The summed E-state index contributed by atoms with van der Waals surface area (Å²) in [6.07, 6.45) is 3.93. The molecule has 2 aromatic heterocycles. The molecule has 1 aromatic carbocycles. The smallest absolute Gasteiger partial charge is 0.113 e. The van der Waals surface area contributed by atoms with E-state index < -0.39 is 0 Å². The fourth-order valence-corrected chi connectivity index (χ4v) is 3.35. The molecular weight excluding hydrogens is 304 g/mol. The van der Waals surface area contributed by atoms with Crippen LogP contribution in [0.2, 0.25) is 0 Å². The maximum Gasteiger partial charge on any atom is 0.113 e. The Balaban J connectivity index is 1.64. The SMILES string of the molecule is Cn1nnc2cc(CSCc3cncc(C(C)(C)C)c3)ccc21. The molecule has 0 aliphatic heterocycles. The highest BCUT2D eigenvalue weighted by molar-refractivity contribution is 7.97. The summed E-state index contributed by atoms with van der Waals surface area (Å²) < 4.78 is 1.80. The van der Waals surface area contributed by atoms with Gasteiger partial charge in [-0.2, -0.15) is 11.8 Å². The first-order valence-electron chi connectivity index (χ1n) is 7.74. The maximum atomic E-state index is 4.39. The van der Waals surface area contributed by atoms with Gasteiger partial charge in [0.2, 0.25) is 0 Å². The molecule has 3 rings (SSSR count). The second kappa shape index (κ2) is 6.32. The third kappa shape index (κ3) is 3.72. The van der Waals surface area contributed by atoms with Crippen molar-refractivity contribution in [3.05, 3.63) is 53.3 Å². The van der Waals surface area contributed by atoms with Crippen molar-refractivity contribution in [1.82, 2.24) is 20.0 Å². The van der Waals surface area contributed by atoms with Gasteiger partial charge in [-0.1, -0.05) is 38.1 Å². The van der Waals surface area contributed by atoms with Gasteiger partial charge in [-0.05, 0) is 34.2 Å². The van der Waals surface area contributed by atoms with Crippen molar-refractivity contribution in [2.24, 2.45) is 7.05 Å². The van der Waals surface area contributed by atoms with Crippen molar-refractivity contribution in [3.63, 3.8) is 0 Å². The van der Waals surface area contributed by atoms with Gasteiger partial charge >= 0.3 is 0 Å². The first kappa shape index (κ1) is 16.0. The highest BCUT2D eigenvalue weighted by Gasteiger charge is 2.14. The number of aromatic nitrogens is 4. The van der Waals surface area contributed by atoms with E-state index in [1.165, 1.54) is 16.7 Å². The molecule has 3 aromatic rings. The van der Waals surface area contributed by atoms with Gasteiger partial charge in [0.15, 0.2) is 0 Å². The summed E-state index contributed by atoms with van der Waals surface area (Å²) >= 11 is 1.90. The van der Waals surface area contributed by atoms with Crippen LogP contribution >= 0.6 is 11.8 Å². The van der Waals surface area contributed by atoms with Crippen molar-refractivity contribution in [1.29, 1.82) is 0 Å². The summed E-state index contributed by atoms with van der Waals surface area (Å²) in [5.41, 5.74) is 6.02. The van der Waals surface area contributed by atoms with Crippen molar-refractivity contribution >= 4 is 22.8 Å². The minimum atomic E-state index is 0.144. The first-order valence-corrected chi connectivity index (χ1v) is 8.89. The number of pyridine rings is 1. The molecule has 2 heterocycles.